The van der Waals surface area contributed by atoms with Gasteiger partial charge in [-0.05, 0) is 37.5 Å². The van der Waals surface area contributed by atoms with Crippen molar-refractivity contribution in [3.63, 3.8) is 0 Å². The lowest BCUT2D eigenvalue weighted by Gasteiger charge is -2.30. The molecule has 0 spiro atoms. The van der Waals surface area contributed by atoms with E-state index >= 15 is 0 Å². The minimum atomic E-state index is 0.752. The normalized spacial score (nSPS) is 16.2. The number of anilines is 1. The number of benzene rings is 1. The Hall–Kier alpha value is -0.800. The Morgan fingerprint density at radius 3 is 2.72 bits per heavy atom. The highest BCUT2D eigenvalue weighted by Gasteiger charge is 2.17. The molecule has 0 aliphatic carbocycles. The first-order valence-corrected chi connectivity index (χ1v) is 7.41. The predicted molar refractivity (Wildman–Crippen MR) is 80.5 cm³/mol. The number of fused-ring (bicyclic) bond motifs is 1. The van der Waals surface area contributed by atoms with E-state index in [9.17, 15) is 0 Å². The standard InChI is InChI=1S/C14H14BrClN2/c15-10-4-5-13-11(8-10)14(12(16)9-17-13)18-6-2-1-3-7-18/h4-5,8-9H,1-3,6-7H2. The SMILES string of the molecule is Clc1cnc2ccc(Br)cc2c1N1CCCCC1. The summed E-state index contributed by atoms with van der Waals surface area (Å²) < 4.78 is 1.07. The van der Waals surface area contributed by atoms with Gasteiger partial charge in [-0.1, -0.05) is 27.5 Å². The zero-order chi connectivity index (χ0) is 12.5. The van der Waals surface area contributed by atoms with Crippen molar-refractivity contribution >= 4 is 44.1 Å². The molecule has 1 fully saturated rings. The van der Waals surface area contributed by atoms with E-state index in [0.717, 1.165) is 39.2 Å². The lowest BCUT2D eigenvalue weighted by Crippen LogP contribution is -2.29. The molecule has 1 aliphatic heterocycles. The van der Waals surface area contributed by atoms with Crippen molar-refractivity contribution in [3.8, 4) is 0 Å². The van der Waals surface area contributed by atoms with Crippen LogP contribution in [0.2, 0.25) is 5.02 Å². The van der Waals surface area contributed by atoms with Crippen molar-refractivity contribution in [2.45, 2.75) is 19.3 Å². The van der Waals surface area contributed by atoms with Crippen LogP contribution in [0, 0.1) is 0 Å². The molecule has 1 aromatic heterocycles. The molecular weight excluding hydrogens is 312 g/mol. The molecule has 0 atom stereocenters. The smallest absolute Gasteiger partial charge is 0.0829 e. The highest BCUT2D eigenvalue weighted by Crippen LogP contribution is 2.35. The van der Waals surface area contributed by atoms with Gasteiger partial charge in [0.05, 0.1) is 16.2 Å². The summed E-state index contributed by atoms with van der Waals surface area (Å²) >= 11 is 9.90. The van der Waals surface area contributed by atoms with Gasteiger partial charge in [0.2, 0.25) is 0 Å². The molecule has 2 aromatic rings. The van der Waals surface area contributed by atoms with Crippen molar-refractivity contribution in [1.29, 1.82) is 0 Å². The van der Waals surface area contributed by atoms with E-state index in [0.29, 0.717) is 0 Å². The molecule has 18 heavy (non-hydrogen) atoms. The van der Waals surface area contributed by atoms with E-state index in [1.165, 1.54) is 19.3 Å². The minimum absolute atomic E-state index is 0.752. The number of aromatic nitrogens is 1. The Morgan fingerprint density at radius 1 is 1.17 bits per heavy atom. The molecule has 0 bridgehead atoms. The van der Waals surface area contributed by atoms with Gasteiger partial charge in [-0.2, -0.15) is 0 Å². The average Bonchev–Trinajstić information content (AvgIpc) is 2.39. The molecule has 0 saturated carbocycles. The summed E-state index contributed by atoms with van der Waals surface area (Å²) in [6.07, 6.45) is 5.57. The summed E-state index contributed by atoms with van der Waals surface area (Å²) in [5, 5.41) is 1.89. The molecule has 4 heteroatoms. The van der Waals surface area contributed by atoms with Gasteiger partial charge in [-0.15, -0.1) is 0 Å². The van der Waals surface area contributed by atoms with Gasteiger partial charge in [0, 0.05) is 29.1 Å². The summed E-state index contributed by atoms with van der Waals surface area (Å²) in [7, 11) is 0. The molecule has 0 amide bonds. The minimum Gasteiger partial charge on any atom is -0.370 e. The average molecular weight is 326 g/mol. The molecule has 0 unspecified atom stereocenters. The van der Waals surface area contributed by atoms with Crippen molar-refractivity contribution in [2.24, 2.45) is 0 Å². The van der Waals surface area contributed by atoms with Crippen molar-refractivity contribution in [1.82, 2.24) is 4.98 Å². The van der Waals surface area contributed by atoms with Crippen LogP contribution in [0.4, 0.5) is 5.69 Å². The van der Waals surface area contributed by atoms with Gasteiger partial charge in [0.15, 0.2) is 0 Å². The molecule has 94 valence electrons. The first-order chi connectivity index (χ1) is 8.75. The molecule has 0 radical (unpaired) electrons. The number of hydrogen-bond acceptors (Lipinski definition) is 2. The van der Waals surface area contributed by atoms with Crippen molar-refractivity contribution < 1.29 is 0 Å². The fourth-order valence-corrected chi connectivity index (χ4v) is 3.20. The second-order valence-electron chi connectivity index (χ2n) is 4.66. The molecule has 1 aromatic carbocycles. The second-order valence-corrected chi connectivity index (χ2v) is 5.99. The number of pyridine rings is 1. The third-order valence-corrected chi connectivity index (χ3v) is 4.20. The highest BCUT2D eigenvalue weighted by atomic mass is 79.9. The Labute approximate surface area is 120 Å². The first kappa shape index (κ1) is 12.2. The summed E-state index contributed by atoms with van der Waals surface area (Å²) in [4.78, 5) is 6.79. The molecule has 2 heterocycles. The van der Waals surface area contributed by atoms with Gasteiger partial charge < -0.3 is 4.90 Å². The Balaban J connectivity index is 2.18. The fourth-order valence-electron chi connectivity index (χ4n) is 2.57. The zero-order valence-electron chi connectivity index (χ0n) is 10.00. The van der Waals surface area contributed by atoms with Crippen LogP contribution in [0.15, 0.2) is 28.9 Å². The van der Waals surface area contributed by atoms with Gasteiger partial charge in [-0.3, -0.25) is 4.98 Å². The van der Waals surface area contributed by atoms with Crippen molar-refractivity contribution in [3.05, 3.63) is 33.9 Å². The summed E-state index contributed by atoms with van der Waals surface area (Å²) in [5.74, 6) is 0. The predicted octanol–water partition coefficient (Wildman–Crippen LogP) is 4.64. The molecule has 1 saturated heterocycles. The van der Waals surface area contributed by atoms with E-state index in [2.05, 4.69) is 31.9 Å². The largest absolute Gasteiger partial charge is 0.370 e. The summed E-state index contributed by atoms with van der Waals surface area (Å²) in [6, 6.07) is 6.16. The molecule has 3 rings (SSSR count). The monoisotopic (exact) mass is 324 g/mol. The number of rotatable bonds is 1. The molecule has 1 aliphatic rings. The topological polar surface area (TPSA) is 16.1 Å². The van der Waals surface area contributed by atoms with Crippen LogP contribution >= 0.6 is 27.5 Å². The van der Waals surface area contributed by atoms with Gasteiger partial charge >= 0.3 is 0 Å². The van der Waals surface area contributed by atoms with Crippen LogP contribution in [0.25, 0.3) is 10.9 Å². The fraction of sp³-hybridized carbons (Fsp3) is 0.357. The quantitative estimate of drug-likeness (QED) is 0.759. The maximum Gasteiger partial charge on any atom is 0.0829 e. The number of nitrogens with zero attached hydrogens (tertiary/aromatic N) is 2. The maximum absolute atomic E-state index is 6.37. The third-order valence-electron chi connectivity index (χ3n) is 3.43. The number of hydrogen-bond donors (Lipinski definition) is 0. The van der Waals surface area contributed by atoms with Gasteiger partial charge in [0.1, 0.15) is 0 Å². The van der Waals surface area contributed by atoms with Crippen LogP contribution in [0.5, 0.6) is 0 Å². The van der Waals surface area contributed by atoms with Gasteiger partial charge in [-0.25, -0.2) is 0 Å². The van der Waals surface area contributed by atoms with E-state index in [1.54, 1.807) is 6.20 Å². The summed E-state index contributed by atoms with van der Waals surface area (Å²) in [6.45, 7) is 2.18. The van der Waals surface area contributed by atoms with Gasteiger partial charge in [0.25, 0.3) is 0 Å². The van der Waals surface area contributed by atoms with E-state index in [-0.39, 0.29) is 0 Å². The summed E-state index contributed by atoms with van der Waals surface area (Å²) in [5.41, 5.74) is 2.14. The first-order valence-electron chi connectivity index (χ1n) is 6.24. The Bertz CT molecular complexity index is 574. The Kier molecular flexibility index (Phi) is 3.44. The Morgan fingerprint density at radius 2 is 1.94 bits per heavy atom. The maximum atomic E-state index is 6.37. The van der Waals surface area contributed by atoms with Crippen LogP contribution in [-0.4, -0.2) is 18.1 Å². The van der Waals surface area contributed by atoms with Crippen LogP contribution in [0.1, 0.15) is 19.3 Å². The lowest BCUT2D eigenvalue weighted by atomic mass is 10.1. The number of halogens is 2. The van der Waals surface area contributed by atoms with E-state index in [1.807, 2.05) is 12.1 Å². The molecule has 2 nitrogen and oxygen atoms in total. The number of piperidine rings is 1. The second kappa shape index (κ2) is 5.06. The molecular formula is C14H14BrClN2. The van der Waals surface area contributed by atoms with Crippen molar-refractivity contribution in [2.75, 3.05) is 18.0 Å². The highest BCUT2D eigenvalue weighted by molar-refractivity contribution is 9.10. The zero-order valence-corrected chi connectivity index (χ0v) is 12.3. The van der Waals surface area contributed by atoms with Crippen LogP contribution in [0.3, 0.4) is 0 Å². The van der Waals surface area contributed by atoms with E-state index < -0.39 is 0 Å². The van der Waals surface area contributed by atoms with Crippen LogP contribution < -0.4 is 4.90 Å². The van der Waals surface area contributed by atoms with Crippen LogP contribution in [-0.2, 0) is 0 Å². The third kappa shape index (κ3) is 2.21. The lowest BCUT2D eigenvalue weighted by molar-refractivity contribution is 0.579. The molecule has 0 N–H and O–H groups in total. The van der Waals surface area contributed by atoms with E-state index in [4.69, 9.17) is 11.6 Å².